The number of carbonyl (C=O) groups excluding carboxylic acids is 1. The maximum Gasteiger partial charge on any atom is 0.251 e. The Morgan fingerprint density at radius 2 is 1.97 bits per heavy atom. The van der Waals surface area contributed by atoms with Crippen molar-refractivity contribution in [2.45, 2.75) is 30.4 Å². The standard InChI is InChI=1S/C20H21ClN2O6S/c21-16-5-4-14(9-19(16)30(25,26)23-11-15-2-1-7-27-15)20(24)22-10-13-3-6-17-18(8-13)29-12-28-17/h3-6,8-9,15,23H,1-2,7,10-12H2,(H,22,24). The third kappa shape index (κ3) is 4.70. The SMILES string of the molecule is O=C(NCc1ccc2c(c1)OCO2)c1ccc(Cl)c(S(=O)(=O)NCC2CCCO2)c1. The van der Waals surface area contributed by atoms with Gasteiger partial charge >= 0.3 is 0 Å². The fraction of sp³-hybridized carbons (Fsp3) is 0.350. The van der Waals surface area contributed by atoms with Crippen molar-refractivity contribution in [2.75, 3.05) is 19.9 Å². The first-order valence-electron chi connectivity index (χ1n) is 9.50. The van der Waals surface area contributed by atoms with E-state index in [-0.39, 0.29) is 41.5 Å². The number of hydrogen-bond donors (Lipinski definition) is 2. The van der Waals surface area contributed by atoms with E-state index in [1.54, 1.807) is 12.1 Å². The molecule has 0 aromatic heterocycles. The average Bonchev–Trinajstić information content (AvgIpc) is 3.42. The second-order valence-electron chi connectivity index (χ2n) is 7.00. The van der Waals surface area contributed by atoms with E-state index in [2.05, 4.69) is 10.0 Å². The second kappa shape index (κ2) is 8.81. The van der Waals surface area contributed by atoms with Crippen LogP contribution in [0.25, 0.3) is 0 Å². The van der Waals surface area contributed by atoms with Crippen LogP contribution < -0.4 is 19.5 Å². The van der Waals surface area contributed by atoms with Gasteiger partial charge in [0.1, 0.15) is 4.90 Å². The Morgan fingerprint density at radius 3 is 2.77 bits per heavy atom. The van der Waals surface area contributed by atoms with Crippen molar-refractivity contribution in [2.24, 2.45) is 0 Å². The van der Waals surface area contributed by atoms with E-state index in [1.165, 1.54) is 18.2 Å². The molecular formula is C20H21ClN2O6S. The minimum atomic E-state index is -3.88. The summed E-state index contributed by atoms with van der Waals surface area (Å²) in [4.78, 5) is 12.4. The minimum absolute atomic E-state index is 0.0437. The molecule has 4 rings (SSSR count). The summed E-state index contributed by atoms with van der Waals surface area (Å²) in [6.45, 7) is 1.22. The lowest BCUT2D eigenvalue weighted by molar-refractivity contribution is 0.0950. The Bertz CT molecular complexity index is 1050. The largest absolute Gasteiger partial charge is 0.454 e. The van der Waals surface area contributed by atoms with Crippen molar-refractivity contribution < 1.29 is 27.4 Å². The summed E-state index contributed by atoms with van der Waals surface area (Å²) in [5, 5.41) is 2.81. The summed E-state index contributed by atoms with van der Waals surface area (Å²) in [6.07, 6.45) is 1.57. The summed E-state index contributed by atoms with van der Waals surface area (Å²) in [6, 6.07) is 9.54. The molecule has 0 bridgehead atoms. The number of benzene rings is 2. The van der Waals surface area contributed by atoms with Gasteiger partial charge in [0.05, 0.1) is 11.1 Å². The van der Waals surface area contributed by atoms with Gasteiger partial charge in [0, 0.05) is 25.3 Å². The highest BCUT2D eigenvalue weighted by atomic mass is 35.5. The zero-order chi connectivity index (χ0) is 21.1. The van der Waals surface area contributed by atoms with E-state index in [0.717, 1.165) is 18.4 Å². The van der Waals surface area contributed by atoms with Crippen molar-refractivity contribution in [3.05, 3.63) is 52.5 Å². The van der Waals surface area contributed by atoms with Gasteiger partial charge in [0.25, 0.3) is 5.91 Å². The molecule has 1 unspecified atom stereocenters. The first-order valence-corrected chi connectivity index (χ1v) is 11.4. The molecule has 10 heteroatoms. The third-order valence-electron chi connectivity index (χ3n) is 4.90. The number of hydrogen-bond acceptors (Lipinski definition) is 6. The number of ether oxygens (including phenoxy) is 3. The van der Waals surface area contributed by atoms with E-state index in [9.17, 15) is 13.2 Å². The van der Waals surface area contributed by atoms with E-state index in [1.807, 2.05) is 6.07 Å². The highest BCUT2D eigenvalue weighted by Crippen LogP contribution is 2.32. The molecule has 2 heterocycles. The average molecular weight is 453 g/mol. The van der Waals surface area contributed by atoms with Crippen molar-refractivity contribution >= 4 is 27.5 Å². The van der Waals surface area contributed by atoms with Crippen LogP contribution in [0.2, 0.25) is 5.02 Å². The zero-order valence-corrected chi connectivity index (χ0v) is 17.6. The quantitative estimate of drug-likeness (QED) is 0.669. The number of fused-ring (bicyclic) bond motifs is 1. The van der Waals surface area contributed by atoms with Crippen molar-refractivity contribution in [1.29, 1.82) is 0 Å². The lowest BCUT2D eigenvalue weighted by atomic mass is 10.1. The van der Waals surface area contributed by atoms with Gasteiger partial charge in [-0.1, -0.05) is 17.7 Å². The van der Waals surface area contributed by atoms with Crippen LogP contribution in [0.3, 0.4) is 0 Å². The fourth-order valence-corrected chi connectivity index (χ4v) is 4.86. The van der Waals surface area contributed by atoms with Crippen LogP contribution in [-0.2, 0) is 21.3 Å². The molecule has 1 saturated heterocycles. The van der Waals surface area contributed by atoms with Crippen LogP contribution in [0.1, 0.15) is 28.8 Å². The molecule has 30 heavy (non-hydrogen) atoms. The van der Waals surface area contributed by atoms with Gasteiger partial charge in [-0.2, -0.15) is 0 Å². The molecule has 1 atom stereocenters. The predicted octanol–water partition coefficient (Wildman–Crippen LogP) is 2.46. The molecule has 0 saturated carbocycles. The molecule has 2 N–H and O–H groups in total. The molecule has 2 aliphatic rings. The van der Waals surface area contributed by atoms with Gasteiger partial charge in [-0.05, 0) is 48.7 Å². The van der Waals surface area contributed by atoms with Gasteiger partial charge in [0.15, 0.2) is 11.5 Å². The van der Waals surface area contributed by atoms with E-state index in [4.69, 9.17) is 25.8 Å². The molecule has 2 aliphatic heterocycles. The molecule has 2 aromatic carbocycles. The number of amides is 1. The van der Waals surface area contributed by atoms with Crippen LogP contribution in [0, 0.1) is 0 Å². The summed E-state index contributed by atoms with van der Waals surface area (Å²) < 4.78 is 43.9. The zero-order valence-electron chi connectivity index (χ0n) is 16.0. The number of nitrogens with one attached hydrogen (secondary N) is 2. The van der Waals surface area contributed by atoms with Crippen molar-refractivity contribution in [1.82, 2.24) is 10.0 Å². The van der Waals surface area contributed by atoms with Crippen LogP contribution in [0.5, 0.6) is 11.5 Å². The Hall–Kier alpha value is -2.33. The molecule has 1 amide bonds. The normalized spacial score (nSPS) is 17.8. The number of rotatable bonds is 7. The fourth-order valence-electron chi connectivity index (χ4n) is 3.27. The van der Waals surface area contributed by atoms with E-state index in [0.29, 0.717) is 18.1 Å². The minimum Gasteiger partial charge on any atom is -0.454 e. The monoisotopic (exact) mass is 452 g/mol. The van der Waals surface area contributed by atoms with Gasteiger partial charge in [-0.25, -0.2) is 13.1 Å². The lowest BCUT2D eigenvalue weighted by Gasteiger charge is -2.13. The lowest BCUT2D eigenvalue weighted by Crippen LogP contribution is -2.32. The van der Waals surface area contributed by atoms with Crippen molar-refractivity contribution in [3.8, 4) is 11.5 Å². The van der Waals surface area contributed by atoms with E-state index >= 15 is 0 Å². The molecule has 1 fully saturated rings. The van der Waals surface area contributed by atoms with Crippen LogP contribution in [-0.4, -0.2) is 40.4 Å². The Balaban J connectivity index is 1.43. The maximum absolute atomic E-state index is 12.7. The molecule has 8 nitrogen and oxygen atoms in total. The Labute approximate surface area is 179 Å². The summed E-state index contributed by atoms with van der Waals surface area (Å²) in [5.74, 6) is 0.868. The Kier molecular flexibility index (Phi) is 6.14. The second-order valence-corrected chi connectivity index (χ2v) is 9.14. The van der Waals surface area contributed by atoms with Gasteiger partial charge in [0.2, 0.25) is 16.8 Å². The molecule has 160 valence electrons. The Morgan fingerprint density at radius 1 is 1.13 bits per heavy atom. The van der Waals surface area contributed by atoms with Crippen LogP contribution in [0.15, 0.2) is 41.3 Å². The first kappa shape index (κ1) is 20.9. The topological polar surface area (TPSA) is 103 Å². The van der Waals surface area contributed by atoms with Crippen LogP contribution >= 0.6 is 11.6 Å². The smallest absolute Gasteiger partial charge is 0.251 e. The number of halogens is 1. The highest BCUT2D eigenvalue weighted by molar-refractivity contribution is 7.89. The van der Waals surface area contributed by atoms with E-state index < -0.39 is 15.9 Å². The molecular weight excluding hydrogens is 432 g/mol. The predicted molar refractivity (Wildman–Crippen MR) is 109 cm³/mol. The highest BCUT2D eigenvalue weighted by Gasteiger charge is 2.23. The number of carbonyl (C=O) groups is 1. The summed E-state index contributed by atoms with van der Waals surface area (Å²) >= 11 is 6.10. The third-order valence-corrected chi connectivity index (χ3v) is 6.80. The molecule has 0 spiro atoms. The van der Waals surface area contributed by atoms with Gasteiger partial charge in [-0.15, -0.1) is 0 Å². The maximum atomic E-state index is 12.7. The molecule has 0 radical (unpaired) electrons. The summed E-state index contributed by atoms with van der Waals surface area (Å²) in [7, 11) is -3.88. The van der Waals surface area contributed by atoms with Crippen LogP contribution in [0.4, 0.5) is 0 Å². The molecule has 2 aromatic rings. The van der Waals surface area contributed by atoms with Gasteiger partial charge < -0.3 is 19.5 Å². The molecule has 0 aliphatic carbocycles. The number of sulfonamides is 1. The summed E-state index contributed by atoms with van der Waals surface area (Å²) in [5.41, 5.74) is 1.02. The van der Waals surface area contributed by atoms with Gasteiger partial charge in [-0.3, -0.25) is 4.79 Å². The first-order chi connectivity index (χ1) is 14.4. The van der Waals surface area contributed by atoms with Crippen molar-refractivity contribution in [3.63, 3.8) is 0 Å².